The zero-order valence-electron chi connectivity index (χ0n) is 9.93. The molecule has 0 atom stereocenters. The van der Waals surface area contributed by atoms with Crippen LogP contribution in [0.25, 0.3) is 5.76 Å². The lowest BCUT2D eigenvalue weighted by atomic mass is 9.99. The molecule has 18 heavy (non-hydrogen) atoms. The third kappa shape index (κ3) is 2.23. The summed E-state index contributed by atoms with van der Waals surface area (Å²) in [6, 6.07) is 19.6. The highest BCUT2D eigenvalue weighted by Crippen LogP contribution is 2.25. The molecule has 0 fully saturated rings. The normalized spacial score (nSPS) is 13.7. The van der Waals surface area contributed by atoms with Gasteiger partial charge in [-0.3, -0.25) is 0 Å². The zero-order valence-corrected chi connectivity index (χ0v) is 9.93. The van der Waals surface area contributed by atoms with E-state index in [9.17, 15) is 0 Å². The molecule has 0 aromatic heterocycles. The van der Waals surface area contributed by atoms with E-state index >= 15 is 0 Å². The molecule has 0 N–H and O–H groups in total. The van der Waals surface area contributed by atoms with E-state index in [0.29, 0.717) is 6.79 Å². The Morgan fingerprint density at radius 3 is 2.72 bits per heavy atom. The predicted octanol–water partition coefficient (Wildman–Crippen LogP) is 3.38. The van der Waals surface area contributed by atoms with Crippen LogP contribution >= 0.6 is 0 Å². The Morgan fingerprint density at radius 2 is 1.94 bits per heavy atom. The lowest BCUT2D eigenvalue weighted by Crippen LogP contribution is -1.96. The molecular weight excluding hydrogens is 224 g/mol. The van der Waals surface area contributed by atoms with Crippen molar-refractivity contribution in [1.29, 1.82) is 0 Å². The van der Waals surface area contributed by atoms with Gasteiger partial charge in [0.15, 0.2) is 5.76 Å². The van der Waals surface area contributed by atoms with Crippen LogP contribution in [-0.4, -0.2) is 6.79 Å². The number of rotatable bonds is 3. The van der Waals surface area contributed by atoms with Crippen LogP contribution in [0.15, 0.2) is 54.8 Å². The summed E-state index contributed by atoms with van der Waals surface area (Å²) >= 11 is 0. The fourth-order valence-corrected chi connectivity index (χ4v) is 2.04. The Bertz CT molecular complexity index is 558. The van der Waals surface area contributed by atoms with Crippen LogP contribution in [0.5, 0.6) is 0 Å². The summed E-state index contributed by atoms with van der Waals surface area (Å²) in [5.41, 5.74) is 3.46. The first-order valence-electron chi connectivity index (χ1n) is 5.92. The molecular formula is C16H13O2. The second-order valence-corrected chi connectivity index (χ2v) is 4.14. The van der Waals surface area contributed by atoms with Gasteiger partial charge in [0.1, 0.15) is 6.26 Å². The van der Waals surface area contributed by atoms with Crippen LogP contribution in [-0.2, 0) is 15.9 Å². The average Bonchev–Trinajstić information content (AvgIpc) is 2.94. The van der Waals surface area contributed by atoms with Gasteiger partial charge >= 0.3 is 0 Å². The van der Waals surface area contributed by atoms with Crippen molar-refractivity contribution in [3.8, 4) is 0 Å². The Kier molecular flexibility index (Phi) is 3.01. The minimum atomic E-state index is 0.294. The predicted molar refractivity (Wildman–Crippen MR) is 69.5 cm³/mol. The minimum absolute atomic E-state index is 0.294. The molecule has 2 nitrogen and oxygen atoms in total. The molecule has 3 rings (SSSR count). The minimum Gasteiger partial charge on any atom is -0.461 e. The SMILES string of the molecule is [c]1cccc(Cc2ccccc2)c1C1=COCO1. The molecule has 1 heterocycles. The summed E-state index contributed by atoms with van der Waals surface area (Å²) in [6.45, 7) is 0.294. The highest BCUT2D eigenvalue weighted by molar-refractivity contribution is 5.63. The van der Waals surface area contributed by atoms with E-state index in [-0.39, 0.29) is 0 Å². The summed E-state index contributed by atoms with van der Waals surface area (Å²) in [6.07, 6.45) is 2.52. The van der Waals surface area contributed by atoms with E-state index in [2.05, 4.69) is 36.4 Å². The first-order valence-corrected chi connectivity index (χ1v) is 5.92. The van der Waals surface area contributed by atoms with E-state index in [1.807, 2.05) is 18.2 Å². The van der Waals surface area contributed by atoms with Gasteiger partial charge in [-0.2, -0.15) is 0 Å². The summed E-state index contributed by atoms with van der Waals surface area (Å²) in [4.78, 5) is 0. The van der Waals surface area contributed by atoms with Gasteiger partial charge in [-0.05, 0) is 23.6 Å². The fraction of sp³-hybridized carbons (Fsp3) is 0.125. The van der Waals surface area contributed by atoms with Gasteiger partial charge < -0.3 is 9.47 Å². The van der Waals surface area contributed by atoms with Crippen molar-refractivity contribution >= 4 is 5.76 Å². The van der Waals surface area contributed by atoms with Crippen LogP contribution in [0.1, 0.15) is 16.7 Å². The Balaban J connectivity index is 1.92. The molecule has 0 spiro atoms. The maximum absolute atomic E-state index is 5.42. The van der Waals surface area contributed by atoms with Crippen LogP contribution in [0.4, 0.5) is 0 Å². The van der Waals surface area contributed by atoms with E-state index in [4.69, 9.17) is 9.47 Å². The molecule has 1 radical (unpaired) electrons. The molecule has 0 aliphatic carbocycles. The largest absolute Gasteiger partial charge is 0.461 e. The van der Waals surface area contributed by atoms with E-state index in [0.717, 1.165) is 17.7 Å². The third-order valence-corrected chi connectivity index (χ3v) is 2.90. The van der Waals surface area contributed by atoms with Gasteiger partial charge in [0, 0.05) is 5.56 Å². The third-order valence-electron chi connectivity index (χ3n) is 2.90. The van der Waals surface area contributed by atoms with Gasteiger partial charge in [0.05, 0.1) is 0 Å². The quantitative estimate of drug-likeness (QED) is 0.814. The summed E-state index contributed by atoms with van der Waals surface area (Å²) < 4.78 is 10.5. The molecule has 0 saturated heterocycles. The van der Waals surface area contributed by atoms with E-state index in [1.165, 1.54) is 11.1 Å². The molecule has 89 valence electrons. The van der Waals surface area contributed by atoms with Gasteiger partial charge in [-0.15, -0.1) is 0 Å². The van der Waals surface area contributed by atoms with Crippen LogP contribution in [0, 0.1) is 6.07 Å². The first-order chi connectivity index (χ1) is 8.93. The second-order valence-electron chi connectivity index (χ2n) is 4.14. The van der Waals surface area contributed by atoms with Gasteiger partial charge in [-0.1, -0.05) is 48.5 Å². The molecule has 1 aliphatic heterocycles. The van der Waals surface area contributed by atoms with E-state index < -0.39 is 0 Å². The lowest BCUT2D eigenvalue weighted by Gasteiger charge is -2.08. The maximum atomic E-state index is 5.42. The second kappa shape index (κ2) is 4.96. The van der Waals surface area contributed by atoms with Crippen molar-refractivity contribution in [3.63, 3.8) is 0 Å². The van der Waals surface area contributed by atoms with Crippen LogP contribution in [0.2, 0.25) is 0 Å². The van der Waals surface area contributed by atoms with Crippen LogP contribution in [0.3, 0.4) is 0 Å². The molecule has 0 bridgehead atoms. The number of benzene rings is 2. The lowest BCUT2D eigenvalue weighted by molar-refractivity contribution is 0.100. The van der Waals surface area contributed by atoms with E-state index in [1.54, 1.807) is 6.26 Å². The Labute approximate surface area is 106 Å². The van der Waals surface area contributed by atoms with Crippen molar-refractivity contribution in [2.75, 3.05) is 6.79 Å². The number of hydrogen-bond acceptors (Lipinski definition) is 2. The maximum Gasteiger partial charge on any atom is 0.230 e. The zero-order chi connectivity index (χ0) is 12.2. The average molecular weight is 237 g/mol. The van der Waals surface area contributed by atoms with Crippen molar-refractivity contribution in [2.24, 2.45) is 0 Å². The topological polar surface area (TPSA) is 18.5 Å². The Morgan fingerprint density at radius 1 is 1.06 bits per heavy atom. The standard InChI is InChI=1S/C16H13O2/c1-2-6-13(7-3-1)10-14-8-4-5-9-15(14)16-11-17-12-18-16/h1-8,11H,10,12H2. The van der Waals surface area contributed by atoms with Gasteiger partial charge in [-0.25, -0.2) is 0 Å². The highest BCUT2D eigenvalue weighted by Gasteiger charge is 2.13. The fourth-order valence-electron chi connectivity index (χ4n) is 2.04. The molecule has 2 aromatic rings. The molecule has 1 aliphatic rings. The Hall–Kier alpha value is -2.22. The smallest absolute Gasteiger partial charge is 0.230 e. The number of hydrogen-bond donors (Lipinski definition) is 0. The van der Waals surface area contributed by atoms with Crippen molar-refractivity contribution < 1.29 is 9.47 Å². The van der Waals surface area contributed by atoms with Gasteiger partial charge in [0.2, 0.25) is 6.79 Å². The molecule has 2 aromatic carbocycles. The molecule has 0 amide bonds. The highest BCUT2D eigenvalue weighted by atomic mass is 16.7. The van der Waals surface area contributed by atoms with Crippen molar-refractivity contribution in [3.05, 3.63) is 77.5 Å². The van der Waals surface area contributed by atoms with Gasteiger partial charge in [0.25, 0.3) is 0 Å². The summed E-state index contributed by atoms with van der Waals surface area (Å²) in [5.74, 6) is 0.765. The van der Waals surface area contributed by atoms with Crippen molar-refractivity contribution in [2.45, 2.75) is 6.42 Å². The molecule has 2 heteroatoms. The monoisotopic (exact) mass is 237 g/mol. The van der Waals surface area contributed by atoms with Crippen LogP contribution < -0.4 is 0 Å². The summed E-state index contributed by atoms with van der Waals surface area (Å²) in [7, 11) is 0. The molecule has 0 unspecified atom stereocenters. The first kappa shape index (κ1) is 10.9. The molecule has 0 saturated carbocycles. The van der Waals surface area contributed by atoms with Crippen molar-refractivity contribution in [1.82, 2.24) is 0 Å². The number of ether oxygens (including phenoxy) is 2. The summed E-state index contributed by atoms with van der Waals surface area (Å²) in [5, 5.41) is 0.